The number of nitriles is 1. The fraction of sp³-hybridized carbons (Fsp3) is 0.435. The average molecular weight is 404 g/mol. The molecule has 1 aromatic heterocycles. The predicted octanol–water partition coefficient (Wildman–Crippen LogP) is 2.38. The fourth-order valence-corrected chi connectivity index (χ4v) is 5.38. The Morgan fingerprint density at radius 3 is 3.10 bits per heavy atom. The van der Waals surface area contributed by atoms with Gasteiger partial charge in [0.2, 0.25) is 0 Å². The van der Waals surface area contributed by atoms with E-state index in [1.807, 2.05) is 24.3 Å². The minimum absolute atomic E-state index is 0.0936. The van der Waals surface area contributed by atoms with Crippen LogP contribution in [0.1, 0.15) is 28.9 Å². The Morgan fingerprint density at radius 2 is 2.27 bits per heavy atom. The second kappa shape index (κ2) is 7.29. The lowest BCUT2D eigenvalue weighted by molar-refractivity contribution is 0.0141. The van der Waals surface area contributed by atoms with E-state index in [4.69, 9.17) is 14.7 Å². The minimum atomic E-state index is -0.166. The van der Waals surface area contributed by atoms with Gasteiger partial charge in [-0.05, 0) is 43.2 Å². The maximum absolute atomic E-state index is 12.7. The fourth-order valence-electron chi connectivity index (χ4n) is 5.38. The Morgan fingerprint density at radius 1 is 1.40 bits per heavy atom. The molecule has 1 spiro atoms. The van der Waals surface area contributed by atoms with Crippen molar-refractivity contribution in [2.75, 3.05) is 31.6 Å². The number of benzene rings is 1. The van der Waals surface area contributed by atoms with E-state index in [2.05, 4.69) is 21.3 Å². The number of pyridine rings is 1. The summed E-state index contributed by atoms with van der Waals surface area (Å²) < 4.78 is 11.7. The third-order valence-corrected chi connectivity index (χ3v) is 6.79. The standard InChI is InChI=1S/C23H24N4O3/c1-29-17-6-2-4-15(10-17)22(28)25-12-18-19-13-27(14-23(19)9-8-20(18)30-23)21-7-3-5-16(11-24)26-21/h2-7,10,18-20H,8-9,12-14H2,1H3,(H,25,28)/t18-,19+,20+,23+/m0/s1. The van der Waals surface area contributed by atoms with Crippen LogP contribution in [0.3, 0.4) is 0 Å². The molecule has 7 nitrogen and oxygen atoms in total. The molecule has 3 aliphatic rings. The van der Waals surface area contributed by atoms with Gasteiger partial charge in [-0.25, -0.2) is 4.98 Å². The Balaban J connectivity index is 1.29. The molecular weight excluding hydrogens is 380 g/mol. The number of ether oxygens (including phenoxy) is 2. The molecule has 0 unspecified atom stereocenters. The molecule has 0 saturated carbocycles. The number of hydrogen-bond acceptors (Lipinski definition) is 6. The van der Waals surface area contributed by atoms with Gasteiger partial charge in [0.25, 0.3) is 5.91 Å². The Kier molecular flexibility index (Phi) is 4.59. The van der Waals surface area contributed by atoms with Gasteiger partial charge < -0.3 is 19.7 Å². The maximum atomic E-state index is 12.7. The van der Waals surface area contributed by atoms with Gasteiger partial charge >= 0.3 is 0 Å². The van der Waals surface area contributed by atoms with Crippen molar-refractivity contribution < 1.29 is 14.3 Å². The summed E-state index contributed by atoms with van der Waals surface area (Å²) in [5.41, 5.74) is 0.855. The molecule has 3 saturated heterocycles. The van der Waals surface area contributed by atoms with Crippen LogP contribution in [0.4, 0.5) is 5.82 Å². The first-order valence-electron chi connectivity index (χ1n) is 10.3. The molecule has 1 aromatic carbocycles. The van der Waals surface area contributed by atoms with Crippen LogP contribution in [-0.4, -0.2) is 49.3 Å². The number of amides is 1. The molecule has 5 rings (SSSR count). The zero-order chi connectivity index (χ0) is 20.7. The van der Waals surface area contributed by atoms with E-state index < -0.39 is 0 Å². The number of aromatic nitrogens is 1. The Labute approximate surface area is 175 Å². The molecule has 154 valence electrons. The van der Waals surface area contributed by atoms with Crippen LogP contribution >= 0.6 is 0 Å². The number of hydrogen-bond donors (Lipinski definition) is 1. The monoisotopic (exact) mass is 404 g/mol. The van der Waals surface area contributed by atoms with E-state index in [0.717, 1.165) is 31.7 Å². The first-order valence-corrected chi connectivity index (χ1v) is 10.3. The molecule has 7 heteroatoms. The van der Waals surface area contributed by atoms with E-state index in [9.17, 15) is 4.79 Å². The maximum Gasteiger partial charge on any atom is 0.251 e. The highest BCUT2D eigenvalue weighted by atomic mass is 16.5. The third kappa shape index (κ3) is 3.08. The number of rotatable bonds is 5. The predicted molar refractivity (Wildman–Crippen MR) is 110 cm³/mol. The molecule has 2 bridgehead atoms. The van der Waals surface area contributed by atoms with Crippen LogP contribution < -0.4 is 15.0 Å². The van der Waals surface area contributed by atoms with Crippen LogP contribution in [0.5, 0.6) is 5.75 Å². The van der Waals surface area contributed by atoms with Crippen LogP contribution in [0.15, 0.2) is 42.5 Å². The SMILES string of the molecule is COc1cccc(C(=O)NC[C@H]2[C@H]3CN(c4cccc(C#N)n4)C[C@]34CC[C@H]2O4)c1. The number of nitrogens with one attached hydrogen (secondary N) is 1. The molecule has 30 heavy (non-hydrogen) atoms. The van der Waals surface area contributed by atoms with Gasteiger partial charge in [0.15, 0.2) is 0 Å². The molecule has 0 aliphatic carbocycles. The molecule has 0 radical (unpaired) electrons. The van der Waals surface area contributed by atoms with Crippen molar-refractivity contribution in [2.24, 2.45) is 11.8 Å². The number of carbonyl (C=O) groups is 1. The van der Waals surface area contributed by atoms with Crippen molar-refractivity contribution in [1.29, 1.82) is 5.26 Å². The minimum Gasteiger partial charge on any atom is -0.497 e. The van der Waals surface area contributed by atoms with E-state index in [1.54, 1.807) is 25.3 Å². The normalized spacial score (nSPS) is 28.8. The van der Waals surface area contributed by atoms with Gasteiger partial charge in [-0.2, -0.15) is 5.26 Å². The number of methoxy groups -OCH3 is 1. The van der Waals surface area contributed by atoms with Crippen molar-refractivity contribution in [3.63, 3.8) is 0 Å². The summed E-state index contributed by atoms with van der Waals surface area (Å²) in [5, 5.41) is 12.3. The average Bonchev–Trinajstić information content (AvgIpc) is 3.46. The summed E-state index contributed by atoms with van der Waals surface area (Å²) in [6, 6.07) is 14.8. The molecule has 1 amide bonds. The highest BCUT2D eigenvalue weighted by molar-refractivity contribution is 5.94. The second-order valence-electron chi connectivity index (χ2n) is 8.35. The van der Waals surface area contributed by atoms with E-state index >= 15 is 0 Å². The van der Waals surface area contributed by atoms with Gasteiger partial charge in [-0.3, -0.25) is 4.79 Å². The topological polar surface area (TPSA) is 87.5 Å². The molecule has 2 aromatic rings. The van der Waals surface area contributed by atoms with Gasteiger partial charge in [-0.1, -0.05) is 12.1 Å². The van der Waals surface area contributed by atoms with Crippen molar-refractivity contribution in [3.8, 4) is 11.8 Å². The molecular formula is C23H24N4O3. The van der Waals surface area contributed by atoms with Crippen LogP contribution in [0, 0.1) is 23.2 Å². The van der Waals surface area contributed by atoms with Gasteiger partial charge in [-0.15, -0.1) is 0 Å². The molecule has 3 fully saturated rings. The quantitative estimate of drug-likeness (QED) is 0.823. The zero-order valence-corrected chi connectivity index (χ0v) is 16.9. The smallest absolute Gasteiger partial charge is 0.251 e. The lowest BCUT2D eigenvalue weighted by Gasteiger charge is -2.29. The second-order valence-corrected chi connectivity index (χ2v) is 8.35. The van der Waals surface area contributed by atoms with Crippen molar-refractivity contribution in [1.82, 2.24) is 10.3 Å². The summed E-state index contributed by atoms with van der Waals surface area (Å²) in [6.45, 7) is 2.21. The number of fused-ring (bicyclic) bond motifs is 1. The van der Waals surface area contributed by atoms with Gasteiger partial charge in [0.05, 0.1) is 18.8 Å². The molecule has 4 heterocycles. The van der Waals surface area contributed by atoms with Crippen LogP contribution in [-0.2, 0) is 4.74 Å². The Hall–Kier alpha value is -3.11. The highest BCUT2D eigenvalue weighted by Gasteiger charge is 2.63. The largest absolute Gasteiger partial charge is 0.497 e. The van der Waals surface area contributed by atoms with E-state index in [0.29, 0.717) is 29.5 Å². The summed E-state index contributed by atoms with van der Waals surface area (Å²) in [5.74, 6) is 2.02. The van der Waals surface area contributed by atoms with Crippen LogP contribution in [0.2, 0.25) is 0 Å². The zero-order valence-electron chi connectivity index (χ0n) is 16.9. The van der Waals surface area contributed by atoms with Crippen LogP contribution in [0.25, 0.3) is 0 Å². The molecule has 3 aliphatic heterocycles. The number of carbonyl (C=O) groups excluding carboxylic acids is 1. The van der Waals surface area contributed by atoms with Crippen molar-refractivity contribution in [2.45, 2.75) is 24.5 Å². The van der Waals surface area contributed by atoms with Gasteiger partial charge in [0, 0.05) is 37.0 Å². The Bertz CT molecular complexity index is 1020. The van der Waals surface area contributed by atoms with Crippen molar-refractivity contribution in [3.05, 3.63) is 53.7 Å². The summed E-state index contributed by atoms with van der Waals surface area (Å²) >= 11 is 0. The summed E-state index contributed by atoms with van der Waals surface area (Å²) in [6.07, 6.45) is 2.26. The van der Waals surface area contributed by atoms with Gasteiger partial charge in [0.1, 0.15) is 23.3 Å². The first kappa shape index (κ1) is 18.9. The number of nitrogens with zero attached hydrogens (tertiary/aromatic N) is 3. The first-order chi connectivity index (χ1) is 14.6. The van der Waals surface area contributed by atoms with E-state index in [1.165, 1.54) is 0 Å². The lowest BCUT2D eigenvalue weighted by atomic mass is 9.73. The lowest BCUT2D eigenvalue weighted by Crippen LogP contribution is -2.41. The highest BCUT2D eigenvalue weighted by Crippen LogP contribution is 2.55. The number of anilines is 1. The van der Waals surface area contributed by atoms with Crippen molar-refractivity contribution >= 4 is 11.7 Å². The summed E-state index contributed by atoms with van der Waals surface area (Å²) in [4.78, 5) is 19.4. The van der Waals surface area contributed by atoms with E-state index in [-0.39, 0.29) is 23.5 Å². The molecule has 4 atom stereocenters. The molecule has 1 N–H and O–H groups in total. The summed E-state index contributed by atoms with van der Waals surface area (Å²) in [7, 11) is 1.59. The third-order valence-electron chi connectivity index (χ3n) is 6.79.